The highest BCUT2D eigenvalue weighted by Crippen LogP contribution is 2.36. The number of fused-ring (bicyclic) bond motifs is 1. The maximum atomic E-state index is 11.7. The van der Waals surface area contributed by atoms with Gasteiger partial charge in [0.15, 0.2) is 9.84 Å². The van der Waals surface area contributed by atoms with E-state index in [-0.39, 0.29) is 0 Å². The smallest absolute Gasteiger partial charge is 0.175 e. The first-order valence-electron chi connectivity index (χ1n) is 9.95. The van der Waals surface area contributed by atoms with E-state index >= 15 is 0 Å². The molecule has 0 aromatic heterocycles. The van der Waals surface area contributed by atoms with Crippen molar-refractivity contribution in [3.63, 3.8) is 0 Å². The molecule has 0 saturated heterocycles. The molecule has 1 N–H and O–H groups in total. The van der Waals surface area contributed by atoms with Gasteiger partial charge in [0.2, 0.25) is 0 Å². The van der Waals surface area contributed by atoms with Gasteiger partial charge in [-0.3, -0.25) is 0 Å². The van der Waals surface area contributed by atoms with Crippen molar-refractivity contribution in [2.24, 2.45) is 0 Å². The van der Waals surface area contributed by atoms with Crippen LogP contribution in [-0.2, 0) is 9.84 Å². The molecule has 1 saturated carbocycles. The van der Waals surface area contributed by atoms with Gasteiger partial charge in [-0.2, -0.15) is 0 Å². The summed E-state index contributed by atoms with van der Waals surface area (Å²) in [6, 6.07) is 23.3. The lowest BCUT2D eigenvalue weighted by Crippen LogP contribution is -2.29. The summed E-state index contributed by atoms with van der Waals surface area (Å²) in [5.41, 5.74) is 2.59. The molecule has 0 bridgehead atoms. The van der Waals surface area contributed by atoms with E-state index in [0.29, 0.717) is 22.9 Å². The third-order valence-electron chi connectivity index (χ3n) is 5.99. The fourth-order valence-corrected chi connectivity index (χ4v) is 5.12. The van der Waals surface area contributed by atoms with Crippen LogP contribution < -0.4 is 5.32 Å². The highest BCUT2D eigenvalue weighted by Gasteiger charge is 2.27. The minimum Gasteiger partial charge on any atom is -0.307 e. The Labute approximate surface area is 167 Å². The van der Waals surface area contributed by atoms with E-state index in [2.05, 4.69) is 54.7 Å². The van der Waals surface area contributed by atoms with E-state index in [1.807, 2.05) is 12.1 Å². The van der Waals surface area contributed by atoms with E-state index < -0.39 is 9.84 Å². The van der Waals surface area contributed by atoms with Crippen molar-refractivity contribution in [2.75, 3.05) is 6.26 Å². The SMILES string of the molecule is CC(NC1CCC(c2ccc(S(C)(=O)=O)cc2)C1)c1cccc2ccccc12. The normalized spacial score (nSPS) is 21.1. The van der Waals surface area contributed by atoms with Crippen molar-refractivity contribution in [3.05, 3.63) is 77.9 Å². The van der Waals surface area contributed by atoms with Crippen LogP contribution in [0, 0.1) is 0 Å². The zero-order valence-corrected chi connectivity index (χ0v) is 17.2. The summed E-state index contributed by atoms with van der Waals surface area (Å²) in [4.78, 5) is 0.397. The molecule has 146 valence electrons. The molecule has 3 atom stereocenters. The van der Waals surface area contributed by atoms with Gasteiger partial charge in [-0.1, -0.05) is 54.6 Å². The Morgan fingerprint density at radius 3 is 2.39 bits per heavy atom. The van der Waals surface area contributed by atoms with E-state index in [1.54, 1.807) is 12.1 Å². The first-order valence-corrected chi connectivity index (χ1v) is 11.8. The highest BCUT2D eigenvalue weighted by molar-refractivity contribution is 7.90. The first kappa shape index (κ1) is 19.2. The lowest BCUT2D eigenvalue weighted by Gasteiger charge is -2.21. The lowest BCUT2D eigenvalue weighted by molar-refractivity contribution is 0.459. The van der Waals surface area contributed by atoms with Gasteiger partial charge in [-0.25, -0.2) is 8.42 Å². The van der Waals surface area contributed by atoms with Gasteiger partial charge in [-0.15, -0.1) is 0 Å². The summed E-state index contributed by atoms with van der Waals surface area (Å²) in [5.74, 6) is 0.492. The molecular formula is C24H27NO2S. The summed E-state index contributed by atoms with van der Waals surface area (Å²) in [6.07, 6.45) is 4.63. The quantitative estimate of drug-likeness (QED) is 0.645. The van der Waals surface area contributed by atoms with E-state index in [0.717, 1.165) is 19.3 Å². The van der Waals surface area contributed by atoms with Crippen molar-refractivity contribution >= 4 is 20.6 Å². The van der Waals surface area contributed by atoms with Crippen LogP contribution in [0.5, 0.6) is 0 Å². The Hall–Kier alpha value is -2.17. The van der Waals surface area contributed by atoms with Gasteiger partial charge in [0.25, 0.3) is 0 Å². The van der Waals surface area contributed by atoms with Crippen molar-refractivity contribution in [1.82, 2.24) is 5.32 Å². The molecule has 0 radical (unpaired) electrons. The summed E-state index contributed by atoms with van der Waals surface area (Å²) < 4.78 is 23.3. The average Bonchev–Trinajstić information content (AvgIpc) is 3.15. The van der Waals surface area contributed by atoms with Crippen LogP contribution in [-0.4, -0.2) is 20.7 Å². The fraction of sp³-hybridized carbons (Fsp3) is 0.333. The van der Waals surface area contributed by atoms with Gasteiger partial charge < -0.3 is 5.32 Å². The average molecular weight is 394 g/mol. The largest absolute Gasteiger partial charge is 0.307 e. The zero-order chi connectivity index (χ0) is 19.7. The predicted octanol–water partition coefficient (Wildman–Crippen LogP) is 5.23. The molecule has 0 heterocycles. The van der Waals surface area contributed by atoms with Crippen LogP contribution in [0.1, 0.15) is 49.3 Å². The third-order valence-corrected chi connectivity index (χ3v) is 7.12. The molecule has 0 spiro atoms. The minimum absolute atomic E-state index is 0.294. The van der Waals surface area contributed by atoms with E-state index in [9.17, 15) is 8.42 Å². The molecule has 1 aliphatic rings. The van der Waals surface area contributed by atoms with Crippen LogP contribution in [0.15, 0.2) is 71.6 Å². The van der Waals surface area contributed by atoms with E-state index in [1.165, 1.54) is 28.2 Å². The summed E-state index contributed by atoms with van der Waals surface area (Å²) in [5, 5.41) is 6.42. The summed E-state index contributed by atoms with van der Waals surface area (Å²) in [7, 11) is -3.13. The second-order valence-electron chi connectivity index (χ2n) is 8.00. The van der Waals surface area contributed by atoms with Gasteiger partial charge in [0.05, 0.1) is 4.90 Å². The molecular weight excluding hydrogens is 366 g/mol. The highest BCUT2D eigenvalue weighted by atomic mass is 32.2. The molecule has 1 aliphatic carbocycles. The van der Waals surface area contributed by atoms with Gasteiger partial charge in [0.1, 0.15) is 0 Å². The van der Waals surface area contributed by atoms with Crippen LogP contribution >= 0.6 is 0 Å². The van der Waals surface area contributed by atoms with Gasteiger partial charge in [-0.05, 0) is 66.1 Å². The second kappa shape index (κ2) is 7.69. The maximum Gasteiger partial charge on any atom is 0.175 e. The minimum atomic E-state index is -3.13. The van der Waals surface area contributed by atoms with E-state index in [4.69, 9.17) is 0 Å². The second-order valence-corrected chi connectivity index (χ2v) is 10.0. The Bertz CT molecular complexity index is 1070. The monoisotopic (exact) mass is 393 g/mol. The van der Waals surface area contributed by atoms with Crippen LogP contribution in [0.3, 0.4) is 0 Å². The van der Waals surface area contributed by atoms with Crippen LogP contribution in [0.25, 0.3) is 10.8 Å². The first-order chi connectivity index (χ1) is 13.4. The molecule has 1 fully saturated rings. The topological polar surface area (TPSA) is 46.2 Å². The van der Waals surface area contributed by atoms with Crippen molar-refractivity contribution in [1.29, 1.82) is 0 Å². The van der Waals surface area contributed by atoms with Crippen molar-refractivity contribution in [2.45, 2.75) is 49.1 Å². The number of rotatable bonds is 5. The van der Waals surface area contributed by atoms with Crippen molar-refractivity contribution in [3.8, 4) is 0 Å². The van der Waals surface area contributed by atoms with Gasteiger partial charge >= 0.3 is 0 Å². The molecule has 3 aromatic carbocycles. The Morgan fingerprint density at radius 1 is 0.929 bits per heavy atom. The molecule has 0 aliphatic heterocycles. The molecule has 4 heteroatoms. The zero-order valence-electron chi connectivity index (χ0n) is 16.4. The molecule has 4 rings (SSSR count). The molecule has 3 unspecified atom stereocenters. The van der Waals surface area contributed by atoms with Crippen LogP contribution in [0.2, 0.25) is 0 Å². The fourth-order valence-electron chi connectivity index (χ4n) is 4.49. The Balaban J connectivity index is 1.44. The molecule has 28 heavy (non-hydrogen) atoms. The number of hydrogen-bond acceptors (Lipinski definition) is 3. The lowest BCUT2D eigenvalue weighted by atomic mass is 9.97. The van der Waals surface area contributed by atoms with Crippen LogP contribution in [0.4, 0.5) is 0 Å². The number of hydrogen-bond donors (Lipinski definition) is 1. The summed E-state index contributed by atoms with van der Waals surface area (Å²) in [6.45, 7) is 2.25. The standard InChI is InChI=1S/C24H27NO2S/c1-17(23-9-5-7-19-6-3-4-8-24(19)23)25-21-13-10-20(16-21)18-11-14-22(15-12-18)28(2,26)27/h3-9,11-12,14-15,17,20-21,25H,10,13,16H2,1-2H3. The number of benzene rings is 3. The maximum absolute atomic E-state index is 11.7. The molecule has 3 aromatic rings. The Morgan fingerprint density at radius 2 is 1.64 bits per heavy atom. The number of sulfone groups is 1. The Kier molecular flexibility index (Phi) is 5.26. The predicted molar refractivity (Wildman–Crippen MR) is 115 cm³/mol. The van der Waals surface area contributed by atoms with Gasteiger partial charge in [0, 0.05) is 18.3 Å². The third kappa shape index (κ3) is 3.98. The molecule has 0 amide bonds. The molecule has 3 nitrogen and oxygen atoms in total. The van der Waals surface area contributed by atoms with Crippen molar-refractivity contribution < 1.29 is 8.42 Å². The summed E-state index contributed by atoms with van der Waals surface area (Å²) >= 11 is 0. The number of nitrogens with one attached hydrogen (secondary N) is 1.